The first-order valence-corrected chi connectivity index (χ1v) is 7.96. The molecule has 0 unspecified atom stereocenters. The number of pyridine rings is 1. The molecule has 8 heteroatoms. The molecule has 0 radical (unpaired) electrons. The first kappa shape index (κ1) is 13.4. The van der Waals surface area contributed by atoms with Crippen LogP contribution < -0.4 is 5.84 Å². The molecule has 0 spiro atoms. The average Bonchev–Trinajstić information content (AvgIpc) is 3.08. The van der Waals surface area contributed by atoms with E-state index in [1.165, 1.54) is 16.4 Å². The fraction of sp³-hybridized carbons (Fsp3) is 0.0833. The third kappa shape index (κ3) is 2.79. The van der Waals surface area contributed by atoms with E-state index in [1.807, 2.05) is 23.6 Å². The van der Waals surface area contributed by atoms with Crippen molar-refractivity contribution in [2.24, 2.45) is 0 Å². The van der Waals surface area contributed by atoms with Crippen molar-refractivity contribution in [1.82, 2.24) is 19.9 Å². The first-order valence-electron chi connectivity index (χ1n) is 5.71. The van der Waals surface area contributed by atoms with Crippen LogP contribution in [0.4, 0.5) is 0 Å². The molecule has 3 aromatic heterocycles. The van der Waals surface area contributed by atoms with Crippen LogP contribution in [0.5, 0.6) is 0 Å². The van der Waals surface area contributed by atoms with Gasteiger partial charge < -0.3 is 5.84 Å². The van der Waals surface area contributed by atoms with E-state index in [0.717, 1.165) is 10.4 Å². The van der Waals surface area contributed by atoms with E-state index in [0.29, 0.717) is 21.9 Å². The predicted molar refractivity (Wildman–Crippen MR) is 82.3 cm³/mol. The normalized spacial score (nSPS) is 10.8. The van der Waals surface area contributed by atoms with Gasteiger partial charge in [0.25, 0.3) is 0 Å². The molecule has 0 aliphatic carbocycles. The van der Waals surface area contributed by atoms with Crippen molar-refractivity contribution >= 4 is 34.7 Å². The second-order valence-electron chi connectivity index (χ2n) is 3.93. The molecular weight excluding hydrogens is 314 g/mol. The standard InChI is InChI=1S/C12H10ClN5S2/c13-10-4-3-8(6-15-10)7-20-12-17-16-11(18(12)14)9-2-1-5-19-9/h1-6H,7,14H2. The van der Waals surface area contributed by atoms with Gasteiger partial charge in [0.2, 0.25) is 5.16 Å². The average molecular weight is 324 g/mol. The number of hydrogen-bond acceptors (Lipinski definition) is 6. The molecular formula is C12H10ClN5S2. The van der Waals surface area contributed by atoms with Gasteiger partial charge in [0.15, 0.2) is 5.82 Å². The van der Waals surface area contributed by atoms with E-state index >= 15 is 0 Å². The molecule has 5 nitrogen and oxygen atoms in total. The minimum absolute atomic E-state index is 0.487. The van der Waals surface area contributed by atoms with Crippen molar-refractivity contribution < 1.29 is 0 Å². The van der Waals surface area contributed by atoms with Crippen molar-refractivity contribution in [3.8, 4) is 10.7 Å². The molecule has 0 fully saturated rings. The van der Waals surface area contributed by atoms with E-state index in [-0.39, 0.29) is 0 Å². The van der Waals surface area contributed by atoms with Gasteiger partial charge in [-0.3, -0.25) is 0 Å². The highest BCUT2D eigenvalue weighted by atomic mass is 35.5. The van der Waals surface area contributed by atoms with E-state index < -0.39 is 0 Å². The number of nitrogen functional groups attached to an aromatic ring is 1. The largest absolute Gasteiger partial charge is 0.335 e. The van der Waals surface area contributed by atoms with Gasteiger partial charge in [0.1, 0.15) is 5.15 Å². The van der Waals surface area contributed by atoms with Crippen molar-refractivity contribution in [1.29, 1.82) is 0 Å². The zero-order chi connectivity index (χ0) is 13.9. The zero-order valence-electron chi connectivity index (χ0n) is 10.2. The Kier molecular flexibility index (Phi) is 3.90. The molecule has 0 aliphatic rings. The summed E-state index contributed by atoms with van der Waals surface area (Å²) in [7, 11) is 0. The van der Waals surface area contributed by atoms with Gasteiger partial charge in [-0.15, -0.1) is 21.5 Å². The fourth-order valence-electron chi connectivity index (χ4n) is 1.59. The molecule has 0 aliphatic heterocycles. The lowest BCUT2D eigenvalue weighted by atomic mass is 10.3. The third-order valence-electron chi connectivity index (χ3n) is 2.56. The Morgan fingerprint density at radius 3 is 2.90 bits per heavy atom. The maximum Gasteiger partial charge on any atom is 0.210 e. The maximum atomic E-state index is 6.02. The second kappa shape index (κ2) is 5.82. The summed E-state index contributed by atoms with van der Waals surface area (Å²) in [5, 5.41) is 11.4. The van der Waals surface area contributed by atoms with Crippen LogP contribution in [0.2, 0.25) is 5.15 Å². The molecule has 3 rings (SSSR count). The molecule has 2 N–H and O–H groups in total. The van der Waals surface area contributed by atoms with Crippen LogP contribution in [0.1, 0.15) is 5.56 Å². The summed E-state index contributed by atoms with van der Waals surface area (Å²) in [6.45, 7) is 0. The molecule has 0 atom stereocenters. The summed E-state index contributed by atoms with van der Waals surface area (Å²) >= 11 is 8.84. The van der Waals surface area contributed by atoms with Crippen LogP contribution in [0.3, 0.4) is 0 Å². The Hall–Kier alpha value is -1.57. The monoisotopic (exact) mass is 323 g/mol. The van der Waals surface area contributed by atoms with Gasteiger partial charge in [-0.1, -0.05) is 35.5 Å². The van der Waals surface area contributed by atoms with E-state index in [9.17, 15) is 0 Å². The second-order valence-corrected chi connectivity index (χ2v) is 6.21. The molecule has 20 heavy (non-hydrogen) atoms. The Morgan fingerprint density at radius 2 is 2.20 bits per heavy atom. The van der Waals surface area contributed by atoms with E-state index in [2.05, 4.69) is 15.2 Å². The number of thioether (sulfide) groups is 1. The predicted octanol–water partition coefficient (Wildman–Crippen LogP) is 3.06. The Labute approximate surface area is 128 Å². The summed E-state index contributed by atoms with van der Waals surface area (Å²) in [6.07, 6.45) is 1.74. The summed E-state index contributed by atoms with van der Waals surface area (Å²) < 4.78 is 1.51. The quantitative estimate of drug-likeness (QED) is 0.454. The van der Waals surface area contributed by atoms with Crippen LogP contribution in [-0.2, 0) is 5.75 Å². The van der Waals surface area contributed by atoms with E-state index in [1.54, 1.807) is 23.6 Å². The Bertz CT molecular complexity index is 693. The third-order valence-corrected chi connectivity index (χ3v) is 4.67. The first-order chi connectivity index (χ1) is 9.74. The number of halogens is 1. The number of hydrogen-bond donors (Lipinski definition) is 1. The minimum atomic E-state index is 0.487. The molecule has 0 amide bonds. The van der Waals surface area contributed by atoms with Gasteiger partial charge >= 0.3 is 0 Å². The molecule has 3 aromatic rings. The van der Waals surface area contributed by atoms with Crippen LogP contribution in [0.15, 0.2) is 41.0 Å². The number of thiophene rings is 1. The van der Waals surface area contributed by atoms with Gasteiger partial charge in [0.05, 0.1) is 4.88 Å². The van der Waals surface area contributed by atoms with Crippen molar-refractivity contribution in [3.63, 3.8) is 0 Å². The van der Waals surface area contributed by atoms with Crippen molar-refractivity contribution in [3.05, 3.63) is 46.6 Å². The Morgan fingerprint density at radius 1 is 1.30 bits per heavy atom. The Balaban J connectivity index is 1.74. The number of nitrogens with two attached hydrogens (primary N) is 1. The van der Waals surface area contributed by atoms with Gasteiger partial charge in [-0.2, -0.15) is 0 Å². The summed E-state index contributed by atoms with van der Waals surface area (Å²) in [4.78, 5) is 5.04. The summed E-state index contributed by atoms with van der Waals surface area (Å²) in [5.74, 6) is 7.41. The zero-order valence-corrected chi connectivity index (χ0v) is 12.6. The molecule has 0 bridgehead atoms. The van der Waals surface area contributed by atoms with Gasteiger partial charge in [-0.25, -0.2) is 9.66 Å². The molecule has 0 saturated heterocycles. The van der Waals surface area contributed by atoms with Crippen LogP contribution >= 0.6 is 34.7 Å². The number of rotatable bonds is 4. The summed E-state index contributed by atoms with van der Waals surface area (Å²) in [6, 6.07) is 7.62. The molecule has 0 aromatic carbocycles. The van der Waals surface area contributed by atoms with Crippen LogP contribution in [0.25, 0.3) is 10.7 Å². The van der Waals surface area contributed by atoms with Crippen molar-refractivity contribution in [2.45, 2.75) is 10.9 Å². The highest BCUT2D eigenvalue weighted by molar-refractivity contribution is 7.98. The fourth-order valence-corrected chi connectivity index (χ4v) is 3.20. The lowest BCUT2D eigenvalue weighted by molar-refractivity contribution is 0.850. The SMILES string of the molecule is Nn1c(SCc2ccc(Cl)nc2)nnc1-c1cccs1. The van der Waals surface area contributed by atoms with Crippen LogP contribution in [0, 0.1) is 0 Å². The van der Waals surface area contributed by atoms with Crippen LogP contribution in [-0.4, -0.2) is 19.9 Å². The highest BCUT2D eigenvalue weighted by Crippen LogP contribution is 2.26. The van der Waals surface area contributed by atoms with E-state index in [4.69, 9.17) is 17.4 Å². The topological polar surface area (TPSA) is 69.6 Å². The van der Waals surface area contributed by atoms with Gasteiger partial charge in [-0.05, 0) is 23.1 Å². The minimum Gasteiger partial charge on any atom is -0.335 e. The molecule has 0 saturated carbocycles. The number of aromatic nitrogens is 4. The van der Waals surface area contributed by atoms with Gasteiger partial charge in [0, 0.05) is 11.9 Å². The smallest absolute Gasteiger partial charge is 0.210 e. The lowest BCUT2D eigenvalue weighted by Crippen LogP contribution is -2.11. The maximum absolute atomic E-state index is 6.02. The van der Waals surface area contributed by atoms with Crippen molar-refractivity contribution in [2.75, 3.05) is 5.84 Å². The summed E-state index contributed by atoms with van der Waals surface area (Å²) in [5.41, 5.74) is 1.06. The lowest BCUT2D eigenvalue weighted by Gasteiger charge is -2.02. The highest BCUT2D eigenvalue weighted by Gasteiger charge is 2.12. The number of nitrogens with zero attached hydrogens (tertiary/aromatic N) is 4. The molecule has 3 heterocycles. The molecule has 102 valence electrons.